The van der Waals surface area contributed by atoms with Gasteiger partial charge in [-0.2, -0.15) is 4.98 Å². The van der Waals surface area contributed by atoms with Crippen LogP contribution < -0.4 is 4.90 Å². The lowest BCUT2D eigenvalue weighted by molar-refractivity contribution is -0.384. The summed E-state index contributed by atoms with van der Waals surface area (Å²) in [5.41, 5.74) is 0.683. The monoisotopic (exact) mass is 306 g/mol. The minimum absolute atomic E-state index is 0.00645. The van der Waals surface area contributed by atoms with E-state index in [2.05, 4.69) is 16.9 Å². The summed E-state index contributed by atoms with van der Waals surface area (Å²) in [6.07, 6.45) is 3.00. The Hall–Kier alpha value is -2.21. The van der Waals surface area contributed by atoms with Gasteiger partial charge in [-0.3, -0.25) is 10.1 Å². The van der Waals surface area contributed by atoms with Crippen LogP contribution in [0.4, 0.5) is 17.2 Å². The highest BCUT2D eigenvalue weighted by Crippen LogP contribution is 2.32. The van der Waals surface area contributed by atoms with Gasteiger partial charge in [0, 0.05) is 12.2 Å². The molecule has 2 rings (SSSR count). The van der Waals surface area contributed by atoms with Crippen molar-refractivity contribution in [2.45, 2.75) is 19.8 Å². The number of nitro groups is 1. The zero-order chi connectivity index (χ0) is 15.2. The largest absolute Gasteiger partial charge is 0.330 e. The van der Waals surface area contributed by atoms with E-state index in [4.69, 9.17) is 11.6 Å². The number of hydrogen-bond acceptors (Lipinski definition) is 5. The number of anilines is 2. The summed E-state index contributed by atoms with van der Waals surface area (Å²) >= 11 is 5.82. The molecule has 0 aliphatic rings. The van der Waals surface area contributed by atoms with Gasteiger partial charge in [-0.05, 0) is 30.2 Å². The lowest BCUT2D eigenvalue weighted by Crippen LogP contribution is -2.21. The molecule has 6 nitrogen and oxygen atoms in total. The van der Waals surface area contributed by atoms with Gasteiger partial charge in [-0.25, -0.2) is 4.98 Å². The molecule has 0 amide bonds. The minimum Gasteiger partial charge on any atom is -0.321 e. The molecule has 2 aromatic rings. The average Bonchev–Trinajstić information content (AvgIpc) is 2.48. The smallest absolute Gasteiger partial charge is 0.321 e. The van der Waals surface area contributed by atoms with Crippen LogP contribution in [0, 0.1) is 10.1 Å². The van der Waals surface area contributed by atoms with Crippen molar-refractivity contribution in [1.82, 2.24) is 9.97 Å². The summed E-state index contributed by atoms with van der Waals surface area (Å²) in [5, 5.41) is 11.2. The molecule has 0 saturated carbocycles. The Morgan fingerprint density at radius 1 is 1.33 bits per heavy atom. The quantitative estimate of drug-likeness (QED) is 0.458. The fraction of sp³-hybridized carbons (Fsp3) is 0.286. The Bertz CT molecular complexity index is 622. The maximum absolute atomic E-state index is 11.2. The first-order valence-corrected chi connectivity index (χ1v) is 7.00. The Labute approximate surface area is 127 Å². The molecule has 7 heteroatoms. The molecule has 0 unspecified atom stereocenters. The van der Waals surface area contributed by atoms with Crippen LogP contribution in [0.5, 0.6) is 0 Å². The van der Waals surface area contributed by atoms with Gasteiger partial charge in [0.25, 0.3) is 0 Å². The first kappa shape index (κ1) is 15.2. The number of halogens is 1. The zero-order valence-corrected chi connectivity index (χ0v) is 12.3. The van der Waals surface area contributed by atoms with Gasteiger partial charge in [-0.1, -0.05) is 31.5 Å². The molecule has 0 atom stereocenters. The van der Waals surface area contributed by atoms with E-state index >= 15 is 0 Å². The van der Waals surface area contributed by atoms with Crippen LogP contribution in [0.15, 0.2) is 36.5 Å². The number of rotatable bonds is 6. The third-order valence-corrected chi connectivity index (χ3v) is 3.16. The first-order valence-electron chi connectivity index (χ1n) is 6.63. The number of nitrogens with zero attached hydrogens (tertiary/aromatic N) is 4. The van der Waals surface area contributed by atoms with Crippen LogP contribution in [0.3, 0.4) is 0 Å². The van der Waals surface area contributed by atoms with E-state index in [1.54, 1.807) is 4.90 Å². The molecule has 21 heavy (non-hydrogen) atoms. The molecule has 0 aliphatic carbocycles. The number of hydrogen-bond donors (Lipinski definition) is 0. The summed E-state index contributed by atoms with van der Waals surface area (Å²) in [6.45, 7) is 2.68. The second-order valence-corrected chi connectivity index (χ2v) is 4.78. The van der Waals surface area contributed by atoms with Crippen molar-refractivity contribution >= 4 is 28.8 Å². The van der Waals surface area contributed by atoms with Crippen molar-refractivity contribution in [2.24, 2.45) is 0 Å². The Morgan fingerprint density at radius 3 is 2.67 bits per heavy atom. The highest BCUT2D eigenvalue weighted by molar-refractivity contribution is 6.28. The van der Waals surface area contributed by atoms with Crippen molar-refractivity contribution in [2.75, 3.05) is 11.4 Å². The second-order valence-electron chi connectivity index (χ2n) is 4.45. The van der Waals surface area contributed by atoms with Crippen molar-refractivity contribution in [3.63, 3.8) is 0 Å². The average molecular weight is 307 g/mol. The number of aromatic nitrogens is 2. The lowest BCUT2D eigenvalue weighted by Gasteiger charge is -2.23. The molecule has 0 spiro atoms. The van der Waals surface area contributed by atoms with E-state index in [-0.39, 0.29) is 16.8 Å². The van der Waals surface area contributed by atoms with Crippen LogP contribution in [-0.4, -0.2) is 21.4 Å². The second kappa shape index (κ2) is 6.99. The Balaban J connectivity index is 2.50. The molecular weight excluding hydrogens is 292 g/mol. The molecule has 0 radical (unpaired) electrons. The van der Waals surface area contributed by atoms with Crippen molar-refractivity contribution < 1.29 is 4.92 Å². The number of para-hydroxylation sites is 1. The van der Waals surface area contributed by atoms with E-state index in [1.807, 2.05) is 30.3 Å². The van der Waals surface area contributed by atoms with Crippen molar-refractivity contribution in [1.29, 1.82) is 0 Å². The highest BCUT2D eigenvalue weighted by Gasteiger charge is 2.23. The third-order valence-electron chi connectivity index (χ3n) is 2.98. The van der Waals surface area contributed by atoms with Crippen LogP contribution in [0.2, 0.25) is 5.28 Å². The fourth-order valence-electron chi connectivity index (χ4n) is 1.95. The third kappa shape index (κ3) is 3.66. The van der Waals surface area contributed by atoms with Gasteiger partial charge in [0.05, 0.1) is 4.92 Å². The maximum atomic E-state index is 11.2. The molecule has 0 N–H and O–H groups in total. The first-order chi connectivity index (χ1) is 10.1. The molecule has 1 aromatic carbocycles. The predicted octanol–water partition coefficient (Wildman–Crippen LogP) is 3.98. The molecule has 1 heterocycles. The molecule has 0 aliphatic heterocycles. The molecule has 0 bridgehead atoms. The van der Waals surface area contributed by atoms with E-state index < -0.39 is 4.92 Å². The number of benzene rings is 1. The molecule has 1 aromatic heterocycles. The predicted molar refractivity (Wildman–Crippen MR) is 82.1 cm³/mol. The molecule has 0 saturated heterocycles. The van der Waals surface area contributed by atoms with E-state index in [0.717, 1.165) is 24.7 Å². The summed E-state index contributed by atoms with van der Waals surface area (Å²) in [7, 11) is 0. The van der Waals surface area contributed by atoms with Gasteiger partial charge < -0.3 is 4.90 Å². The normalized spacial score (nSPS) is 10.4. The van der Waals surface area contributed by atoms with Gasteiger partial charge in [0.1, 0.15) is 6.20 Å². The molecule has 0 fully saturated rings. The lowest BCUT2D eigenvalue weighted by atomic mass is 10.2. The summed E-state index contributed by atoms with van der Waals surface area (Å²) < 4.78 is 0. The molecular formula is C14H15ClN4O2. The van der Waals surface area contributed by atoms with Crippen LogP contribution >= 0.6 is 11.6 Å². The Morgan fingerprint density at radius 2 is 2.05 bits per heavy atom. The zero-order valence-electron chi connectivity index (χ0n) is 11.6. The van der Waals surface area contributed by atoms with Gasteiger partial charge in [-0.15, -0.1) is 0 Å². The van der Waals surface area contributed by atoms with E-state index in [9.17, 15) is 10.1 Å². The summed E-state index contributed by atoms with van der Waals surface area (Å²) in [6, 6.07) is 9.42. The van der Waals surface area contributed by atoms with Crippen LogP contribution in [0.1, 0.15) is 19.8 Å². The number of unbranched alkanes of at least 4 members (excludes halogenated alkanes) is 1. The standard InChI is InChI=1S/C14H15ClN4O2/c1-2-3-9-18(11-7-5-4-6-8-11)13-12(19(20)21)10-16-14(15)17-13/h4-8,10H,2-3,9H2,1H3. The van der Waals surface area contributed by atoms with E-state index in [1.165, 1.54) is 0 Å². The van der Waals surface area contributed by atoms with Crippen molar-refractivity contribution in [3.8, 4) is 0 Å². The molecule has 110 valence electrons. The topological polar surface area (TPSA) is 72.2 Å². The van der Waals surface area contributed by atoms with Gasteiger partial charge >= 0.3 is 5.69 Å². The van der Waals surface area contributed by atoms with Gasteiger partial charge in [0.2, 0.25) is 11.1 Å². The van der Waals surface area contributed by atoms with Crippen LogP contribution in [0.25, 0.3) is 0 Å². The van der Waals surface area contributed by atoms with E-state index in [0.29, 0.717) is 6.54 Å². The summed E-state index contributed by atoms with van der Waals surface area (Å²) in [4.78, 5) is 20.3. The SMILES string of the molecule is CCCCN(c1ccccc1)c1nc(Cl)ncc1[N+](=O)[O-]. The fourth-order valence-corrected chi connectivity index (χ4v) is 2.08. The van der Waals surface area contributed by atoms with Crippen molar-refractivity contribution in [3.05, 3.63) is 51.9 Å². The van der Waals surface area contributed by atoms with Crippen LogP contribution in [-0.2, 0) is 0 Å². The maximum Gasteiger partial charge on any atom is 0.330 e. The highest BCUT2D eigenvalue weighted by atomic mass is 35.5. The van der Waals surface area contributed by atoms with Gasteiger partial charge in [0.15, 0.2) is 0 Å². The Kier molecular flexibility index (Phi) is 5.05. The summed E-state index contributed by atoms with van der Waals surface area (Å²) in [5.74, 6) is 0.222. The minimum atomic E-state index is -0.493.